The van der Waals surface area contributed by atoms with Crippen molar-refractivity contribution in [2.75, 3.05) is 0 Å². The van der Waals surface area contributed by atoms with Crippen LogP contribution >= 0.6 is 0 Å². The fourth-order valence-electron chi connectivity index (χ4n) is 2.62. The molecule has 0 amide bonds. The summed E-state index contributed by atoms with van der Waals surface area (Å²) in [6, 6.07) is 0.975. The first-order valence-corrected chi connectivity index (χ1v) is 7.58. The maximum Gasteiger partial charge on any atom is 0.323 e. The summed E-state index contributed by atoms with van der Waals surface area (Å²) in [6.07, 6.45) is 2.61. The number of rotatable bonds is 8. The minimum absolute atomic E-state index is 0.0936. The lowest BCUT2D eigenvalue weighted by atomic mass is 9.85. The Balaban J connectivity index is 2.69. The maximum atomic E-state index is 11.1. The van der Waals surface area contributed by atoms with Crippen molar-refractivity contribution in [2.45, 2.75) is 51.5 Å². The van der Waals surface area contributed by atoms with Crippen LogP contribution < -0.4 is 5.73 Å². The van der Waals surface area contributed by atoms with Crippen molar-refractivity contribution in [3.63, 3.8) is 0 Å². The third-order valence-corrected chi connectivity index (χ3v) is 4.15. The molecule has 1 aromatic carbocycles. The van der Waals surface area contributed by atoms with Crippen LogP contribution in [-0.2, 0) is 11.2 Å². The molecule has 0 aliphatic heterocycles. The Morgan fingerprint density at radius 3 is 2.35 bits per heavy atom. The van der Waals surface area contributed by atoms with E-state index in [-0.39, 0.29) is 23.7 Å². The van der Waals surface area contributed by atoms with Crippen molar-refractivity contribution >= 4 is 5.97 Å². The third-order valence-electron chi connectivity index (χ3n) is 4.15. The zero-order chi connectivity index (χ0) is 17.8. The summed E-state index contributed by atoms with van der Waals surface area (Å²) < 4.78 is 0. The van der Waals surface area contributed by atoms with Gasteiger partial charge < -0.3 is 31.3 Å². The highest BCUT2D eigenvalue weighted by molar-refractivity contribution is 5.77. The molecule has 1 aromatic rings. The summed E-state index contributed by atoms with van der Waals surface area (Å²) in [4.78, 5) is 11.1. The van der Waals surface area contributed by atoms with Crippen LogP contribution in [0.25, 0.3) is 0 Å². The number of aliphatic carboxylic acids is 1. The van der Waals surface area contributed by atoms with E-state index in [4.69, 9.17) is 10.8 Å². The summed E-state index contributed by atoms with van der Waals surface area (Å²) in [5.41, 5.74) is 4.63. The van der Waals surface area contributed by atoms with Gasteiger partial charge in [0.15, 0.2) is 11.5 Å². The Bertz CT molecular complexity index is 570. The highest BCUT2D eigenvalue weighted by atomic mass is 16.4. The van der Waals surface area contributed by atoms with Gasteiger partial charge in [0.25, 0.3) is 0 Å². The second-order valence-corrected chi connectivity index (χ2v) is 6.18. The predicted molar refractivity (Wildman–Crippen MR) is 84.7 cm³/mol. The first kappa shape index (κ1) is 18.9. The number of phenolic OH excluding ortho intramolecular Hbond substituents is 4. The second-order valence-electron chi connectivity index (χ2n) is 6.18. The van der Waals surface area contributed by atoms with Crippen LogP contribution in [0.3, 0.4) is 0 Å². The molecule has 2 unspecified atom stereocenters. The summed E-state index contributed by atoms with van der Waals surface area (Å²) in [5.74, 6) is -3.03. The van der Waals surface area contributed by atoms with Gasteiger partial charge in [-0.25, -0.2) is 0 Å². The molecule has 0 bridgehead atoms. The van der Waals surface area contributed by atoms with Gasteiger partial charge in [-0.15, -0.1) is 0 Å². The van der Waals surface area contributed by atoms with Crippen molar-refractivity contribution < 1.29 is 30.3 Å². The van der Waals surface area contributed by atoms with Crippen molar-refractivity contribution in [3.05, 3.63) is 11.6 Å². The third kappa shape index (κ3) is 4.66. The molecule has 2 atom stereocenters. The van der Waals surface area contributed by atoms with E-state index in [2.05, 4.69) is 0 Å². The molecule has 0 heterocycles. The van der Waals surface area contributed by atoms with E-state index >= 15 is 0 Å². The van der Waals surface area contributed by atoms with Gasteiger partial charge in [0.2, 0.25) is 5.75 Å². The number of benzene rings is 1. The Hall–Kier alpha value is -2.15. The van der Waals surface area contributed by atoms with Gasteiger partial charge in [0.05, 0.1) is 0 Å². The van der Waals surface area contributed by atoms with Crippen molar-refractivity contribution in [2.24, 2.45) is 11.7 Å². The summed E-state index contributed by atoms with van der Waals surface area (Å²) >= 11 is 0. The van der Waals surface area contributed by atoms with Crippen LogP contribution in [0, 0.1) is 5.92 Å². The molecule has 0 spiro atoms. The van der Waals surface area contributed by atoms with Crippen LogP contribution in [0.1, 0.15) is 45.1 Å². The maximum absolute atomic E-state index is 11.1. The lowest BCUT2D eigenvalue weighted by Crippen LogP contribution is -2.46. The second kappa shape index (κ2) is 7.41. The average molecular weight is 327 g/mol. The first-order valence-electron chi connectivity index (χ1n) is 7.58. The van der Waals surface area contributed by atoms with Gasteiger partial charge in [-0.3, -0.25) is 4.79 Å². The normalized spacial score (nSPS) is 15.1. The molecule has 0 aliphatic carbocycles. The molecule has 0 radical (unpaired) electrons. The number of hydrogen-bond acceptors (Lipinski definition) is 6. The Labute approximate surface area is 135 Å². The fourth-order valence-corrected chi connectivity index (χ4v) is 2.62. The molecule has 0 fully saturated rings. The molecule has 0 aromatic heterocycles. The van der Waals surface area contributed by atoms with Gasteiger partial charge in [0, 0.05) is 11.6 Å². The molecular weight excluding hydrogens is 302 g/mol. The van der Waals surface area contributed by atoms with E-state index in [9.17, 15) is 25.2 Å². The standard InChI is InChI=1S/C16H25NO6/c1-3-9(8-16(2,17)15(22)23)5-4-6-10-11(18)7-12(19)14(21)13(10)20/h7,9,18-21H,3-6,8,17H2,1-2H3,(H,22,23). The van der Waals surface area contributed by atoms with Gasteiger partial charge in [-0.1, -0.05) is 19.8 Å². The average Bonchev–Trinajstić information content (AvgIpc) is 2.46. The molecule has 7 N–H and O–H groups in total. The monoisotopic (exact) mass is 327 g/mol. The number of carboxylic acids is 1. The lowest BCUT2D eigenvalue weighted by molar-refractivity contribution is -0.143. The number of hydrogen-bond donors (Lipinski definition) is 6. The Morgan fingerprint density at radius 1 is 1.22 bits per heavy atom. The highest BCUT2D eigenvalue weighted by Crippen LogP contribution is 2.43. The number of carboxylic acid groups (broad SMARTS) is 1. The van der Waals surface area contributed by atoms with E-state index in [1.165, 1.54) is 6.92 Å². The number of phenols is 4. The van der Waals surface area contributed by atoms with Crippen LogP contribution in [0.15, 0.2) is 6.07 Å². The smallest absolute Gasteiger partial charge is 0.323 e. The Kier molecular flexibility index (Phi) is 6.09. The van der Waals surface area contributed by atoms with Crippen LogP contribution in [0.4, 0.5) is 0 Å². The largest absolute Gasteiger partial charge is 0.507 e. The Morgan fingerprint density at radius 2 is 1.83 bits per heavy atom. The molecular formula is C16H25NO6. The van der Waals surface area contributed by atoms with Gasteiger partial charge in [-0.05, 0) is 32.1 Å². The first-order chi connectivity index (χ1) is 10.6. The molecule has 23 heavy (non-hydrogen) atoms. The lowest BCUT2D eigenvalue weighted by Gasteiger charge is -2.25. The topological polar surface area (TPSA) is 144 Å². The van der Waals surface area contributed by atoms with Crippen molar-refractivity contribution in [1.82, 2.24) is 0 Å². The summed E-state index contributed by atoms with van der Waals surface area (Å²) in [5, 5.41) is 47.4. The summed E-state index contributed by atoms with van der Waals surface area (Å²) in [6.45, 7) is 3.43. The molecule has 0 saturated heterocycles. The van der Waals surface area contributed by atoms with Crippen molar-refractivity contribution in [1.29, 1.82) is 0 Å². The van der Waals surface area contributed by atoms with Gasteiger partial charge in [0.1, 0.15) is 11.3 Å². The summed E-state index contributed by atoms with van der Waals surface area (Å²) in [7, 11) is 0. The minimum Gasteiger partial charge on any atom is -0.507 e. The molecule has 0 aliphatic rings. The van der Waals surface area contributed by atoms with Crippen LogP contribution in [0.5, 0.6) is 23.0 Å². The SMILES string of the molecule is CCC(CCCc1c(O)cc(O)c(O)c1O)CC(C)(N)C(=O)O. The van der Waals surface area contributed by atoms with E-state index in [0.717, 1.165) is 12.5 Å². The molecule has 1 rings (SSSR count). The number of aromatic hydroxyl groups is 4. The van der Waals surface area contributed by atoms with E-state index in [1.807, 2.05) is 6.92 Å². The zero-order valence-corrected chi connectivity index (χ0v) is 13.4. The zero-order valence-electron chi connectivity index (χ0n) is 13.4. The molecule has 0 saturated carbocycles. The van der Waals surface area contributed by atoms with Crippen LogP contribution in [0.2, 0.25) is 0 Å². The molecule has 7 nitrogen and oxygen atoms in total. The molecule has 7 heteroatoms. The van der Waals surface area contributed by atoms with Crippen LogP contribution in [-0.4, -0.2) is 37.0 Å². The predicted octanol–water partition coefficient (Wildman–Crippen LogP) is 2.05. The minimum atomic E-state index is -1.29. The van der Waals surface area contributed by atoms with E-state index in [1.54, 1.807) is 0 Å². The fraction of sp³-hybridized carbons (Fsp3) is 0.562. The van der Waals surface area contributed by atoms with E-state index < -0.39 is 28.8 Å². The van der Waals surface area contributed by atoms with E-state index in [0.29, 0.717) is 19.3 Å². The number of carbonyl (C=O) groups is 1. The molecule has 130 valence electrons. The van der Waals surface area contributed by atoms with Crippen molar-refractivity contribution in [3.8, 4) is 23.0 Å². The van der Waals surface area contributed by atoms with Gasteiger partial charge in [-0.2, -0.15) is 0 Å². The number of nitrogens with two attached hydrogens (primary N) is 1. The van der Waals surface area contributed by atoms with Gasteiger partial charge >= 0.3 is 5.97 Å². The quantitative estimate of drug-likeness (QED) is 0.316. The highest BCUT2D eigenvalue weighted by Gasteiger charge is 2.30.